The van der Waals surface area contributed by atoms with E-state index in [2.05, 4.69) is 11.9 Å². The Morgan fingerprint density at radius 3 is 2.76 bits per heavy atom. The van der Waals surface area contributed by atoms with Crippen molar-refractivity contribution in [2.45, 2.75) is 26.4 Å². The lowest BCUT2D eigenvalue weighted by atomic mass is 10.3. The fourth-order valence-electron chi connectivity index (χ4n) is 1.24. The fraction of sp³-hybridized carbons (Fsp3) is 0.583. The van der Waals surface area contributed by atoms with E-state index in [0.29, 0.717) is 36.4 Å². The van der Waals surface area contributed by atoms with E-state index < -0.39 is 0 Å². The van der Waals surface area contributed by atoms with Gasteiger partial charge in [-0.1, -0.05) is 24.9 Å². The van der Waals surface area contributed by atoms with Gasteiger partial charge in [0.2, 0.25) is 0 Å². The van der Waals surface area contributed by atoms with Crippen LogP contribution in [0.25, 0.3) is 0 Å². The number of pyridine rings is 1. The van der Waals surface area contributed by atoms with Crippen molar-refractivity contribution < 1.29 is 9.47 Å². The quantitative estimate of drug-likeness (QED) is 0.729. The maximum atomic E-state index is 5.95. The Bertz CT molecular complexity index is 334. The highest BCUT2D eigenvalue weighted by Crippen LogP contribution is 2.15. The maximum absolute atomic E-state index is 5.95. The van der Waals surface area contributed by atoms with E-state index in [4.69, 9.17) is 26.8 Å². The third kappa shape index (κ3) is 5.86. The van der Waals surface area contributed by atoms with Crippen LogP contribution in [-0.2, 0) is 16.1 Å². The molecule has 0 saturated heterocycles. The second-order valence-corrected chi connectivity index (χ2v) is 4.09. The van der Waals surface area contributed by atoms with Crippen molar-refractivity contribution in [2.24, 2.45) is 0 Å². The Kier molecular flexibility index (Phi) is 6.93. The lowest BCUT2D eigenvalue weighted by Gasteiger charge is -2.06. The van der Waals surface area contributed by atoms with Crippen LogP contribution in [0, 0.1) is 0 Å². The first kappa shape index (κ1) is 14.2. The summed E-state index contributed by atoms with van der Waals surface area (Å²) in [5, 5.41) is 0.575. The summed E-state index contributed by atoms with van der Waals surface area (Å²) in [6.45, 7) is 4.42. The van der Waals surface area contributed by atoms with Crippen LogP contribution in [0.15, 0.2) is 12.1 Å². The van der Waals surface area contributed by atoms with Gasteiger partial charge in [-0.05, 0) is 18.6 Å². The summed E-state index contributed by atoms with van der Waals surface area (Å²) < 4.78 is 10.8. The standard InChI is InChI=1S/C12H19ClN2O2/c1-2-3-6-16-7-8-17-9-11-10(13)4-5-12(14)15-11/h4-5H,2-3,6-9H2,1H3,(H2,14,15). The van der Waals surface area contributed by atoms with Crippen molar-refractivity contribution in [3.8, 4) is 0 Å². The van der Waals surface area contributed by atoms with E-state index >= 15 is 0 Å². The molecule has 1 aromatic rings. The minimum absolute atomic E-state index is 0.362. The molecule has 4 nitrogen and oxygen atoms in total. The normalized spacial score (nSPS) is 10.7. The average molecular weight is 259 g/mol. The molecule has 0 amide bonds. The number of anilines is 1. The molecule has 1 rings (SSSR count). The smallest absolute Gasteiger partial charge is 0.123 e. The number of rotatable bonds is 8. The second-order valence-electron chi connectivity index (χ2n) is 3.68. The van der Waals surface area contributed by atoms with Crippen LogP contribution in [0.3, 0.4) is 0 Å². The average Bonchev–Trinajstić information content (AvgIpc) is 2.32. The second kappa shape index (κ2) is 8.28. The molecule has 1 heterocycles. The topological polar surface area (TPSA) is 57.4 Å². The minimum atomic E-state index is 0.362. The molecule has 0 saturated carbocycles. The van der Waals surface area contributed by atoms with Crippen molar-refractivity contribution in [3.05, 3.63) is 22.8 Å². The molecule has 0 bridgehead atoms. The molecule has 0 radical (unpaired) electrons. The van der Waals surface area contributed by atoms with Gasteiger partial charge in [0.05, 0.1) is 30.5 Å². The minimum Gasteiger partial charge on any atom is -0.384 e. The van der Waals surface area contributed by atoms with Gasteiger partial charge in [0.1, 0.15) is 5.82 Å². The molecule has 1 aromatic heterocycles. The Labute approximate surface area is 107 Å². The molecule has 0 aliphatic carbocycles. The number of unbranched alkanes of at least 4 members (excludes halogenated alkanes) is 1. The number of aromatic nitrogens is 1. The van der Waals surface area contributed by atoms with Gasteiger partial charge in [0.25, 0.3) is 0 Å². The third-order valence-corrected chi connectivity index (χ3v) is 2.54. The monoisotopic (exact) mass is 258 g/mol. The highest BCUT2D eigenvalue weighted by atomic mass is 35.5. The van der Waals surface area contributed by atoms with E-state index in [1.807, 2.05) is 0 Å². The predicted molar refractivity (Wildman–Crippen MR) is 69.0 cm³/mol. The largest absolute Gasteiger partial charge is 0.384 e. The number of nitrogens with two attached hydrogens (primary N) is 1. The molecule has 0 fully saturated rings. The molecule has 0 atom stereocenters. The zero-order valence-corrected chi connectivity index (χ0v) is 10.9. The summed E-state index contributed by atoms with van der Waals surface area (Å²) in [5.74, 6) is 0.451. The summed E-state index contributed by atoms with van der Waals surface area (Å²) in [4.78, 5) is 4.10. The first-order valence-electron chi connectivity index (χ1n) is 5.80. The maximum Gasteiger partial charge on any atom is 0.123 e. The highest BCUT2D eigenvalue weighted by molar-refractivity contribution is 6.31. The summed E-state index contributed by atoms with van der Waals surface area (Å²) >= 11 is 5.95. The lowest BCUT2D eigenvalue weighted by molar-refractivity contribution is 0.0387. The first-order chi connectivity index (χ1) is 8.24. The molecule has 0 aliphatic heterocycles. The van der Waals surface area contributed by atoms with Gasteiger partial charge >= 0.3 is 0 Å². The number of hydrogen-bond acceptors (Lipinski definition) is 4. The van der Waals surface area contributed by atoms with Crippen molar-refractivity contribution in [1.29, 1.82) is 0 Å². The molecular formula is C12H19ClN2O2. The van der Waals surface area contributed by atoms with Crippen LogP contribution in [-0.4, -0.2) is 24.8 Å². The van der Waals surface area contributed by atoms with E-state index in [9.17, 15) is 0 Å². The van der Waals surface area contributed by atoms with Crippen LogP contribution >= 0.6 is 11.6 Å². The number of halogens is 1. The Balaban J connectivity index is 2.15. The van der Waals surface area contributed by atoms with E-state index in [-0.39, 0.29) is 0 Å². The van der Waals surface area contributed by atoms with Crippen LogP contribution < -0.4 is 5.73 Å². The van der Waals surface area contributed by atoms with Gasteiger partial charge in [-0.15, -0.1) is 0 Å². The summed E-state index contributed by atoms with van der Waals surface area (Å²) in [7, 11) is 0. The van der Waals surface area contributed by atoms with Gasteiger partial charge in [-0.3, -0.25) is 0 Å². The third-order valence-electron chi connectivity index (χ3n) is 2.19. The SMILES string of the molecule is CCCCOCCOCc1nc(N)ccc1Cl. The molecule has 0 aromatic carbocycles. The molecule has 0 unspecified atom stereocenters. The van der Waals surface area contributed by atoms with Crippen molar-refractivity contribution in [1.82, 2.24) is 4.98 Å². The molecule has 0 spiro atoms. The summed E-state index contributed by atoms with van der Waals surface area (Å²) in [6, 6.07) is 3.39. The zero-order chi connectivity index (χ0) is 12.5. The Hall–Kier alpha value is -0.840. The van der Waals surface area contributed by atoms with Gasteiger partial charge < -0.3 is 15.2 Å². The van der Waals surface area contributed by atoms with Gasteiger partial charge in [0.15, 0.2) is 0 Å². The number of ether oxygens (including phenoxy) is 2. The predicted octanol–water partition coefficient (Wildman–Crippen LogP) is 2.65. The van der Waals surface area contributed by atoms with Gasteiger partial charge in [-0.25, -0.2) is 4.98 Å². The summed E-state index contributed by atoms with van der Waals surface area (Å²) in [6.07, 6.45) is 2.23. The van der Waals surface area contributed by atoms with Crippen molar-refractivity contribution in [3.63, 3.8) is 0 Å². The number of hydrogen-bond donors (Lipinski definition) is 1. The number of nitrogens with zero attached hydrogens (tertiary/aromatic N) is 1. The molecular weight excluding hydrogens is 240 g/mol. The fourth-order valence-corrected chi connectivity index (χ4v) is 1.40. The van der Waals surface area contributed by atoms with Crippen molar-refractivity contribution >= 4 is 17.4 Å². The summed E-state index contributed by atoms with van der Waals surface area (Å²) in [5.41, 5.74) is 6.23. The van der Waals surface area contributed by atoms with Crippen LogP contribution in [0.2, 0.25) is 5.02 Å². The van der Waals surface area contributed by atoms with Crippen LogP contribution in [0.4, 0.5) is 5.82 Å². The van der Waals surface area contributed by atoms with Crippen molar-refractivity contribution in [2.75, 3.05) is 25.6 Å². The molecule has 96 valence electrons. The Morgan fingerprint density at radius 2 is 2.00 bits per heavy atom. The van der Waals surface area contributed by atoms with Gasteiger partial charge in [-0.2, -0.15) is 0 Å². The first-order valence-corrected chi connectivity index (χ1v) is 6.18. The van der Waals surface area contributed by atoms with E-state index in [1.54, 1.807) is 12.1 Å². The molecule has 17 heavy (non-hydrogen) atoms. The van der Waals surface area contributed by atoms with Gasteiger partial charge in [0, 0.05) is 6.61 Å². The molecule has 0 aliphatic rings. The van der Waals surface area contributed by atoms with Crippen LogP contribution in [0.5, 0.6) is 0 Å². The highest BCUT2D eigenvalue weighted by Gasteiger charge is 2.02. The molecule has 2 N–H and O–H groups in total. The van der Waals surface area contributed by atoms with E-state index in [0.717, 1.165) is 19.4 Å². The lowest BCUT2D eigenvalue weighted by Crippen LogP contribution is -2.06. The van der Waals surface area contributed by atoms with Crippen LogP contribution in [0.1, 0.15) is 25.5 Å². The zero-order valence-electron chi connectivity index (χ0n) is 10.1. The molecule has 5 heteroatoms. The Morgan fingerprint density at radius 1 is 1.24 bits per heavy atom. The van der Waals surface area contributed by atoms with E-state index in [1.165, 1.54) is 0 Å². The number of nitrogen functional groups attached to an aromatic ring is 1.